The van der Waals surface area contributed by atoms with Gasteiger partial charge in [-0.05, 0) is 57.5 Å². The van der Waals surface area contributed by atoms with Gasteiger partial charge in [-0.3, -0.25) is 14.0 Å². The molecule has 0 bridgehead atoms. The number of hydrogen-bond acceptors (Lipinski definition) is 9. The van der Waals surface area contributed by atoms with Crippen molar-refractivity contribution in [2.24, 2.45) is 7.05 Å². The highest BCUT2D eigenvalue weighted by Crippen LogP contribution is 2.34. The van der Waals surface area contributed by atoms with Crippen molar-refractivity contribution in [1.82, 2.24) is 24.5 Å². The predicted molar refractivity (Wildman–Crippen MR) is 149 cm³/mol. The van der Waals surface area contributed by atoms with E-state index in [4.69, 9.17) is 21.1 Å². The second-order valence-corrected chi connectivity index (χ2v) is 10.7. The molecule has 0 aliphatic heterocycles. The first-order chi connectivity index (χ1) is 18.2. The number of halogens is 1. The van der Waals surface area contributed by atoms with Gasteiger partial charge in [0, 0.05) is 18.1 Å². The van der Waals surface area contributed by atoms with Crippen LogP contribution in [0.4, 0.5) is 5.00 Å². The average Bonchev–Trinajstić information content (AvgIpc) is 3.53. The number of rotatable bonds is 10. The highest BCUT2D eigenvalue weighted by molar-refractivity contribution is 7.99. The highest BCUT2D eigenvalue weighted by atomic mass is 35.5. The van der Waals surface area contributed by atoms with E-state index >= 15 is 0 Å². The molecule has 10 nitrogen and oxygen atoms in total. The Labute approximate surface area is 233 Å². The molecule has 0 aliphatic rings. The van der Waals surface area contributed by atoms with Crippen LogP contribution in [0.2, 0.25) is 5.02 Å². The fourth-order valence-corrected chi connectivity index (χ4v) is 5.76. The zero-order valence-electron chi connectivity index (χ0n) is 21.6. The van der Waals surface area contributed by atoms with Gasteiger partial charge in [0.15, 0.2) is 11.0 Å². The van der Waals surface area contributed by atoms with Crippen LogP contribution in [-0.4, -0.2) is 55.4 Å². The number of thioether (sulfide) groups is 1. The third-order valence-corrected chi connectivity index (χ3v) is 7.81. The molecule has 3 aromatic heterocycles. The minimum absolute atomic E-state index is 0.0311. The first-order valence-corrected chi connectivity index (χ1v) is 14.0. The van der Waals surface area contributed by atoms with Crippen LogP contribution in [0.1, 0.15) is 34.6 Å². The van der Waals surface area contributed by atoms with Crippen LogP contribution in [0.15, 0.2) is 35.6 Å². The molecule has 1 N–H and O–H groups in total. The number of benzene rings is 1. The number of carbonyl (C=O) groups is 2. The Morgan fingerprint density at radius 3 is 2.50 bits per heavy atom. The van der Waals surface area contributed by atoms with Crippen molar-refractivity contribution in [1.29, 1.82) is 0 Å². The topological polar surface area (TPSA) is 113 Å². The lowest BCUT2D eigenvalue weighted by Gasteiger charge is -2.11. The van der Waals surface area contributed by atoms with Crippen LogP contribution in [0.3, 0.4) is 0 Å². The van der Waals surface area contributed by atoms with Crippen molar-refractivity contribution >= 4 is 51.6 Å². The normalized spacial score (nSPS) is 11.0. The molecular weight excluding hydrogens is 548 g/mol. The zero-order chi connectivity index (χ0) is 27.4. The van der Waals surface area contributed by atoms with Gasteiger partial charge in [-0.15, -0.1) is 21.5 Å². The predicted octanol–water partition coefficient (Wildman–Crippen LogP) is 5.31. The van der Waals surface area contributed by atoms with Gasteiger partial charge in [0.1, 0.15) is 16.4 Å². The summed E-state index contributed by atoms with van der Waals surface area (Å²) in [5.74, 6) is 0.458. The monoisotopic (exact) mass is 574 g/mol. The van der Waals surface area contributed by atoms with Crippen LogP contribution < -0.4 is 10.1 Å². The molecule has 4 rings (SSSR count). The number of ether oxygens (including phenoxy) is 2. The standard InChI is InChI=1S/C25H27ClN6O4S2/c1-6-35-17-10-8-16(9-11-17)32-22(21-18(26)12-31(5)30-21)28-29-25(32)37-13-19(33)27-23-20(24(34)36-7-2)14(3)15(4)38-23/h8-12H,6-7,13H2,1-5H3,(H,27,33). The molecule has 0 unspecified atom stereocenters. The second-order valence-electron chi connectivity index (χ2n) is 8.11. The van der Waals surface area contributed by atoms with E-state index in [1.807, 2.05) is 45.0 Å². The smallest absolute Gasteiger partial charge is 0.341 e. The van der Waals surface area contributed by atoms with Crippen LogP contribution in [0, 0.1) is 13.8 Å². The lowest BCUT2D eigenvalue weighted by atomic mass is 10.1. The Morgan fingerprint density at radius 1 is 1.13 bits per heavy atom. The number of nitrogens with one attached hydrogen (secondary N) is 1. The molecular formula is C25H27ClN6O4S2. The van der Waals surface area contributed by atoms with Gasteiger partial charge in [0.2, 0.25) is 5.91 Å². The fourth-order valence-electron chi connectivity index (χ4n) is 3.68. The maximum atomic E-state index is 12.9. The van der Waals surface area contributed by atoms with E-state index in [1.165, 1.54) is 23.1 Å². The second kappa shape index (κ2) is 12.0. The molecule has 0 radical (unpaired) electrons. The molecule has 0 atom stereocenters. The molecule has 13 heteroatoms. The minimum atomic E-state index is -0.454. The Hall–Kier alpha value is -3.35. The molecule has 0 saturated carbocycles. The third kappa shape index (κ3) is 5.87. The molecule has 0 fully saturated rings. The van der Waals surface area contributed by atoms with E-state index in [2.05, 4.69) is 20.6 Å². The van der Waals surface area contributed by atoms with Crippen molar-refractivity contribution in [2.45, 2.75) is 32.9 Å². The molecule has 0 saturated heterocycles. The van der Waals surface area contributed by atoms with E-state index in [9.17, 15) is 9.59 Å². The summed E-state index contributed by atoms with van der Waals surface area (Å²) in [6.07, 6.45) is 1.68. The number of aromatic nitrogens is 5. The molecule has 1 aromatic carbocycles. The van der Waals surface area contributed by atoms with E-state index in [0.29, 0.717) is 38.9 Å². The van der Waals surface area contributed by atoms with E-state index in [-0.39, 0.29) is 18.3 Å². The van der Waals surface area contributed by atoms with Crippen molar-refractivity contribution in [3.8, 4) is 23.0 Å². The molecule has 0 spiro atoms. The lowest BCUT2D eigenvalue weighted by molar-refractivity contribution is -0.113. The van der Waals surface area contributed by atoms with Crippen LogP contribution in [-0.2, 0) is 16.6 Å². The molecule has 3 heterocycles. The van der Waals surface area contributed by atoms with E-state index in [1.54, 1.807) is 29.4 Å². The Kier molecular flexibility index (Phi) is 8.75. The van der Waals surface area contributed by atoms with Crippen LogP contribution >= 0.6 is 34.7 Å². The highest BCUT2D eigenvalue weighted by Gasteiger charge is 2.24. The SMILES string of the molecule is CCOC(=O)c1c(NC(=O)CSc2nnc(-c3nn(C)cc3Cl)n2-c2ccc(OCC)cc2)sc(C)c1C. The first kappa shape index (κ1) is 27.7. The Morgan fingerprint density at radius 2 is 1.87 bits per heavy atom. The van der Waals surface area contributed by atoms with Gasteiger partial charge in [0.05, 0.1) is 35.2 Å². The summed E-state index contributed by atoms with van der Waals surface area (Å²) in [6, 6.07) is 7.45. The first-order valence-electron chi connectivity index (χ1n) is 11.8. The molecule has 38 heavy (non-hydrogen) atoms. The molecule has 1 amide bonds. The summed E-state index contributed by atoms with van der Waals surface area (Å²) in [5, 5.41) is 17.3. The number of esters is 1. The Bertz CT molecular complexity index is 1460. The Balaban J connectivity index is 1.60. The summed E-state index contributed by atoms with van der Waals surface area (Å²) >= 11 is 8.97. The number of hydrogen-bond donors (Lipinski definition) is 1. The fraction of sp³-hybridized carbons (Fsp3) is 0.320. The third-order valence-electron chi connectivity index (χ3n) is 5.49. The van der Waals surface area contributed by atoms with Crippen LogP contribution in [0.5, 0.6) is 5.75 Å². The van der Waals surface area contributed by atoms with Gasteiger partial charge in [-0.1, -0.05) is 23.4 Å². The van der Waals surface area contributed by atoms with Crippen molar-refractivity contribution < 1.29 is 19.1 Å². The number of carbonyl (C=O) groups excluding carboxylic acids is 2. The van der Waals surface area contributed by atoms with Gasteiger partial charge in [0.25, 0.3) is 0 Å². The summed E-state index contributed by atoms with van der Waals surface area (Å²) in [6.45, 7) is 8.21. The van der Waals surface area contributed by atoms with Crippen molar-refractivity contribution in [2.75, 3.05) is 24.3 Å². The van der Waals surface area contributed by atoms with Crippen LogP contribution in [0.25, 0.3) is 17.2 Å². The summed E-state index contributed by atoms with van der Waals surface area (Å²) in [7, 11) is 1.77. The number of thiophene rings is 1. The summed E-state index contributed by atoms with van der Waals surface area (Å²) in [5.41, 5.74) is 2.41. The van der Waals surface area contributed by atoms with Gasteiger partial charge >= 0.3 is 5.97 Å². The maximum Gasteiger partial charge on any atom is 0.341 e. The number of nitrogens with zero attached hydrogens (tertiary/aromatic N) is 5. The maximum absolute atomic E-state index is 12.9. The lowest BCUT2D eigenvalue weighted by Crippen LogP contribution is -2.16. The largest absolute Gasteiger partial charge is 0.494 e. The quantitative estimate of drug-likeness (QED) is 0.200. The van der Waals surface area contributed by atoms with E-state index < -0.39 is 5.97 Å². The minimum Gasteiger partial charge on any atom is -0.494 e. The number of aryl methyl sites for hydroxylation is 2. The number of amides is 1. The van der Waals surface area contributed by atoms with Crippen molar-refractivity contribution in [3.05, 3.63) is 51.5 Å². The summed E-state index contributed by atoms with van der Waals surface area (Å²) in [4.78, 5) is 26.4. The van der Waals surface area contributed by atoms with E-state index in [0.717, 1.165) is 21.9 Å². The molecule has 0 aliphatic carbocycles. The summed E-state index contributed by atoms with van der Waals surface area (Å²) < 4.78 is 14.1. The van der Waals surface area contributed by atoms with Gasteiger partial charge in [-0.25, -0.2) is 4.79 Å². The average molecular weight is 575 g/mol. The van der Waals surface area contributed by atoms with Gasteiger partial charge in [-0.2, -0.15) is 5.10 Å². The molecule has 4 aromatic rings. The van der Waals surface area contributed by atoms with Crippen molar-refractivity contribution in [3.63, 3.8) is 0 Å². The van der Waals surface area contributed by atoms with Gasteiger partial charge < -0.3 is 14.8 Å². The number of anilines is 1. The zero-order valence-corrected chi connectivity index (χ0v) is 24.0. The molecule has 200 valence electrons.